The second kappa shape index (κ2) is 5.22. The van der Waals surface area contributed by atoms with Crippen LogP contribution in [0.3, 0.4) is 0 Å². The minimum Gasteiger partial charge on any atom is -0.364 e. The lowest BCUT2D eigenvalue weighted by Crippen LogP contribution is -2.47. The van der Waals surface area contributed by atoms with Crippen LogP contribution in [0.25, 0.3) is 0 Å². The average molecular weight is 254 g/mol. The number of rotatable bonds is 2. The highest BCUT2D eigenvalue weighted by molar-refractivity contribution is 5.52. The number of hydrogen-bond donors (Lipinski definition) is 1. The van der Waals surface area contributed by atoms with Gasteiger partial charge >= 0.3 is 0 Å². The Morgan fingerprint density at radius 1 is 1.33 bits per heavy atom. The molecule has 2 nitrogen and oxygen atoms in total. The van der Waals surface area contributed by atoms with E-state index in [1.807, 2.05) is 18.9 Å². The molecule has 1 heterocycles. The molecule has 4 heteroatoms. The lowest BCUT2D eigenvalue weighted by molar-refractivity contribution is 0.380. The summed E-state index contributed by atoms with van der Waals surface area (Å²) < 4.78 is 28.0. The molecular formula is C14H20F2N2. The van der Waals surface area contributed by atoms with Crippen LogP contribution in [0.5, 0.6) is 0 Å². The Morgan fingerprint density at radius 3 is 2.67 bits per heavy atom. The number of anilines is 1. The maximum Gasteiger partial charge on any atom is 0.152 e. The summed E-state index contributed by atoms with van der Waals surface area (Å²) in [5.74, 6) is -0.891. The molecule has 1 aliphatic heterocycles. The van der Waals surface area contributed by atoms with E-state index in [2.05, 4.69) is 5.32 Å². The zero-order chi connectivity index (χ0) is 13.3. The summed E-state index contributed by atoms with van der Waals surface area (Å²) >= 11 is 0. The highest BCUT2D eigenvalue weighted by atomic mass is 19.1. The first-order valence-corrected chi connectivity index (χ1v) is 6.43. The first-order chi connectivity index (χ1) is 8.54. The van der Waals surface area contributed by atoms with Crippen LogP contribution in [-0.2, 0) is 0 Å². The fourth-order valence-corrected chi connectivity index (χ4v) is 2.67. The molecule has 0 saturated carbocycles. The summed E-state index contributed by atoms with van der Waals surface area (Å²) in [5.41, 5.74) is 0.631. The van der Waals surface area contributed by atoms with Gasteiger partial charge in [0, 0.05) is 18.6 Å². The van der Waals surface area contributed by atoms with Gasteiger partial charge in [-0.15, -0.1) is 0 Å². The Kier molecular flexibility index (Phi) is 3.85. The van der Waals surface area contributed by atoms with Gasteiger partial charge in [-0.1, -0.05) is 6.07 Å². The number of nitrogens with one attached hydrogen (secondary N) is 1. The van der Waals surface area contributed by atoms with Gasteiger partial charge < -0.3 is 10.2 Å². The Labute approximate surface area is 107 Å². The minimum atomic E-state index is -0.465. The van der Waals surface area contributed by atoms with E-state index in [1.165, 1.54) is 12.1 Å². The third-order valence-corrected chi connectivity index (χ3v) is 3.83. The number of piperidine rings is 1. The van der Waals surface area contributed by atoms with E-state index in [1.54, 1.807) is 6.92 Å². The molecule has 1 aliphatic rings. The van der Waals surface area contributed by atoms with Gasteiger partial charge in [0.05, 0.1) is 0 Å². The van der Waals surface area contributed by atoms with Crippen molar-refractivity contribution < 1.29 is 8.78 Å². The second-order valence-electron chi connectivity index (χ2n) is 5.08. The molecule has 0 aliphatic carbocycles. The van der Waals surface area contributed by atoms with Crippen LogP contribution < -0.4 is 10.2 Å². The Morgan fingerprint density at radius 2 is 2.06 bits per heavy atom. The van der Waals surface area contributed by atoms with Gasteiger partial charge in [0.15, 0.2) is 5.82 Å². The molecule has 1 fully saturated rings. The van der Waals surface area contributed by atoms with Gasteiger partial charge in [-0.05, 0) is 45.4 Å². The lowest BCUT2D eigenvalue weighted by Gasteiger charge is -2.39. The van der Waals surface area contributed by atoms with E-state index >= 15 is 0 Å². The third kappa shape index (κ3) is 2.34. The van der Waals surface area contributed by atoms with Crippen molar-refractivity contribution in [2.75, 3.05) is 18.5 Å². The molecular weight excluding hydrogens is 234 g/mol. The van der Waals surface area contributed by atoms with Gasteiger partial charge in [0.2, 0.25) is 0 Å². The van der Waals surface area contributed by atoms with Gasteiger partial charge in [0.25, 0.3) is 0 Å². The minimum absolute atomic E-state index is 0.136. The van der Waals surface area contributed by atoms with Crippen molar-refractivity contribution in [1.29, 1.82) is 0 Å². The summed E-state index contributed by atoms with van der Waals surface area (Å²) in [7, 11) is 1.93. The normalized spacial score (nSPS) is 24.4. The van der Waals surface area contributed by atoms with Crippen molar-refractivity contribution in [3.8, 4) is 0 Å². The van der Waals surface area contributed by atoms with Crippen molar-refractivity contribution in [2.24, 2.45) is 0 Å². The van der Waals surface area contributed by atoms with Crippen LogP contribution in [0.1, 0.15) is 25.3 Å². The molecule has 100 valence electrons. The number of halogens is 2. The molecule has 0 amide bonds. The van der Waals surface area contributed by atoms with Crippen LogP contribution in [0.15, 0.2) is 12.1 Å². The molecule has 2 atom stereocenters. The monoisotopic (exact) mass is 254 g/mol. The molecule has 1 N–H and O–H groups in total. The van der Waals surface area contributed by atoms with E-state index in [-0.39, 0.29) is 11.7 Å². The van der Waals surface area contributed by atoms with E-state index in [9.17, 15) is 8.78 Å². The van der Waals surface area contributed by atoms with Gasteiger partial charge in [0.1, 0.15) is 11.5 Å². The van der Waals surface area contributed by atoms with Crippen molar-refractivity contribution >= 4 is 5.69 Å². The molecule has 18 heavy (non-hydrogen) atoms. The number of hydrogen-bond acceptors (Lipinski definition) is 2. The zero-order valence-corrected chi connectivity index (χ0v) is 11.1. The third-order valence-electron chi connectivity index (χ3n) is 3.83. The largest absolute Gasteiger partial charge is 0.364 e. The standard InChI is InChI=1S/C14H20F2N2/c1-9-4-5-12(15)14(13(9)16)18-7-6-11(17-3)8-10(18)2/h4-5,10-11,17H,6-8H2,1-3H3. The fraction of sp³-hybridized carbons (Fsp3) is 0.571. The Bertz CT molecular complexity index is 434. The number of nitrogens with zero attached hydrogens (tertiary/aromatic N) is 1. The van der Waals surface area contributed by atoms with E-state index in [0.29, 0.717) is 18.2 Å². The van der Waals surface area contributed by atoms with Gasteiger partial charge in [-0.2, -0.15) is 0 Å². The first kappa shape index (κ1) is 13.3. The Hall–Kier alpha value is -1.16. The summed E-state index contributed by atoms with van der Waals surface area (Å²) in [6.07, 6.45) is 1.82. The second-order valence-corrected chi connectivity index (χ2v) is 5.08. The van der Waals surface area contributed by atoms with Crippen molar-refractivity contribution in [3.05, 3.63) is 29.3 Å². The van der Waals surface area contributed by atoms with E-state index in [0.717, 1.165) is 12.8 Å². The summed E-state index contributed by atoms with van der Waals surface area (Å²) in [6.45, 7) is 4.37. The van der Waals surface area contributed by atoms with E-state index in [4.69, 9.17) is 0 Å². The smallest absolute Gasteiger partial charge is 0.152 e. The number of aryl methyl sites for hydroxylation is 1. The quantitative estimate of drug-likeness (QED) is 0.873. The zero-order valence-electron chi connectivity index (χ0n) is 11.1. The molecule has 2 rings (SSSR count). The molecule has 0 spiro atoms. The van der Waals surface area contributed by atoms with Crippen LogP contribution in [0.4, 0.5) is 14.5 Å². The molecule has 0 radical (unpaired) electrons. The van der Waals surface area contributed by atoms with Crippen molar-refractivity contribution in [1.82, 2.24) is 5.32 Å². The molecule has 1 aromatic carbocycles. The lowest BCUT2D eigenvalue weighted by atomic mass is 9.97. The SMILES string of the molecule is CNC1CCN(c2c(F)ccc(C)c2F)C(C)C1. The molecule has 1 aromatic rings. The predicted octanol–water partition coefficient (Wildman–Crippen LogP) is 2.85. The van der Waals surface area contributed by atoms with Gasteiger partial charge in [-0.3, -0.25) is 0 Å². The van der Waals surface area contributed by atoms with Crippen LogP contribution >= 0.6 is 0 Å². The Balaban J connectivity index is 2.30. The maximum atomic E-state index is 14.1. The topological polar surface area (TPSA) is 15.3 Å². The van der Waals surface area contributed by atoms with Crippen molar-refractivity contribution in [2.45, 2.75) is 38.8 Å². The fourth-order valence-electron chi connectivity index (χ4n) is 2.67. The van der Waals surface area contributed by atoms with Crippen molar-refractivity contribution in [3.63, 3.8) is 0 Å². The molecule has 2 unspecified atom stereocenters. The summed E-state index contributed by atoms with van der Waals surface area (Å²) in [4.78, 5) is 1.85. The molecule has 0 bridgehead atoms. The van der Waals surface area contributed by atoms with Gasteiger partial charge in [-0.25, -0.2) is 8.78 Å². The molecule has 1 saturated heterocycles. The summed E-state index contributed by atoms with van der Waals surface area (Å²) in [6, 6.07) is 3.42. The first-order valence-electron chi connectivity index (χ1n) is 6.43. The van der Waals surface area contributed by atoms with Crippen LogP contribution in [-0.4, -0.2) is 25.7 Å². The van der Waals surface area contributed by atoms with E-state index < -0.39 is 11.6 Å². The summed E-state index contributed by atoms with van der Waals surface area (Å²) in [5, 5.41) is 3.23. The predicted molar refractivity (Wildman–Crippen MR) is 70.0 cm³/mol. The number of benzene rings is 1. The maximum absolute atomic E-state index is 14.1. The van der Waals surface area contributed by atoms with Crippen LogP contribution in [0, 0.1) is 18.6 Å². The highest BCUT2D eigenvalue weighted by Gasteiger charge is 2.28. The van der Waals surface area contributed by atoms with Crippen LogP contribution in [0.2, 0.25) is 0 Å². The average Bonchev–Trinajstić information content (AvgIpc) is 2.36. The highest BCUT2D eigenvalue weighted by Crippen LogP contribution is 2.31. The molecule has 0 aromatic heterocycles.